The van der Waals surface area contributed by atoms with Crippen LogP contribution in [0.1, 0.15) is 51.1 Å². The van der Waals surface area contributed by atoms with Crippen LogP contribution in [0.15, 0.2) is 47.6 Å². The van der Waals surface area contributed by atoms with E-state index < -0.39 is 0 Å². The van der Waals surface area contributed by atoms with Crippen molar-refractivity contribution in [1.29, 1.82) is 5.26 Å². The summed E-state index contributed by atoms with van der Waals surface area (Å²) in [5.41, 5.74) is 7.22. The maximum absolute atomic E-state index is 12.1. The van der Waals surface area contributed by atoms with Gasteiger partial charge >= 0.3 is 6.03 Å². The molecule has 4 N–H and O–H groups in total. The lowest BCUT2D eigenvalue weighted by atomic mass is 9.92. The fourth-order valence-corrected chi connectivity index (χ4v) is 4.46. The van der Waals surface area contributed by atoms with Crippen LogP contribution in [-0.2, 0) is 0 Å². The van der Waals surface area contributed by atoms with E-state index in [2.05, 4.69) is 43.2 Å². The zero-order valence-electron chi connectivity index (χ0n) is 21.7. The Balaban J connectivity index is 1.60. The number of fused-ring (bicyclic) bond motifs is 1. The fraction of sp³-hybridized carbons (Fsp3) is 0.393. The highest BCUT2D eigenvalue weighted by molar-refractivity contribution is 5.96. The van der Waals surface area contributed by atoms with E-state index in [0.717, 1.165) is 47.2 Å². The van der Waals surface area contributed by atoms with Gasteiger partial charge in [0.15, 0.2) is 0 Å². The average Bonchev–Trinajstić information content (AvgIpc) is 3.15. The van der Waals surface area contributed by atoms with Gasteiger partial charge in [-0.1, -0.05) is 12.1 Å². The molecule has 1 aliphatic rings. The summed E-state index contributed by atoms with van der Waals surface area (Å²) in [6, 6.07) is 16.3. The lowest BCUT2D eigenvalue weighted by Gasteiger charge is -2.30. The van der Waals surface area contributed by atoms with Crippen molar-refractivity contribution < 1.29 is 9.53 Å². The highest BCUT2D eigenvalue weighted by Gasteiger charge is 2.28. The molecule has 1 heterocycles. The summed E-state index contributed by atoms with van der Waals surface area (Å²) >= 11 is 0. The summed E-state index contributed by atoms with van der Waals surface area (Å²) in [6.45, 7) is 5.11. The molecule has 37 heavy (non-hydrogen) atoms. The molecule has 1 saturated carbocycles. The fourth-order valence-electron chi connectivity index (χ4n) is 4.46. The second-order valence-electron chi connectivity index (χ2n) is 9.46. The van der Waals surface area contributed by atoms with Crippen LogP contribution in [0.25, 0.3) is 22.2 Å². The van der Waals surface area contributed by atoms with Crippen molar-refractivity contribution >= 4 is 29.0 Å². The SMILES string of the molecule is CN/C=N\NCCCOc1ccc2c(C#N)c(-c3ccc(NC(=O)NC(C)C)cc3)n(C3CCC3)c2c1. The predicted octanol–water partition coefficient (Wildman–Crippen LogP) is 4.96. The number of nitrogens with zero attached hydrogens (tertiary/aromatic N) is 3. The number of aromatic nitrogens is 1. The zero-order valence-corrected chi connectivity index (χ0v) is 21.7. The lowest BCUT2D eigenvalue weighted by molar-refractivity contribution is 0.250. The first-order valence-electron chi connectivity index (χ1n) is 12.8. The van der Waals surface area contributed by atoms with Crippen molar-refractivity contribution in [2.45, 2.75) is 51.6 Å². The molecule has 3 aromatic rings. The summed E-state index contributed by atoms with van der Waals surface area (Å²) in [5.74, 6) is 0.788. The molecule has 4 rings (SSSR count). The van der Waals surface area contributed by atoms with E-state index in [0.29, 0.717) is 30.4 Å². The normalized spacial score (nSPS) is 13.4. The van der Waals surface area contributed by atoms with E-state index in [1.165, 1.54) is 6.42 Å². The Hall–Kier alpha value is -4.19. The molecule has 0 aliphatic heterocycles. The summed E-state index contributed by atoms with van der Waals surface area (Å²) in [6.07, 6.45) is 5.76. The Labute approximate surface area is 217 Å². The number of hydrogen-bond donors (Lipinski definition) is 4. The number of rotatable bonds is 11. The van der Waals surface area contributed by atoms with Gasteiger partial charge in [-0.25, -0.2) is 4.79 Å². The van der Waals surface area contributed by atoms with Gasteiger partial charge in [-0.2, -0.15) is 10.4 Å². The molecule has 1 fully saturated rings. The van der Waals surface area contributed by atoms with Crippen LogP contribution in [0.5, 0.6) is 5.75 Å². The van der Waals surface area contributed by atoms with Gasteiger partial charge in [-0.15, -0.1) is 0 Å². The van der Waals surface area contributed by atoms with E-state index in [9.17, 15) is 10.1 Å². The van der Waals surface area contributed by atoms with Crippen molar-refractivity contribution in [2.75, 3.05) is 25.5 Å². The van der Waals surface area contributed by atoms with E-state index in [1.54, 1.807) is 13.4 Å². The molecule has 194 valence electrons. The molecule has 0 bridgehead atoms. The van der Waals surface area contributed by atoms with Crippen LogP contribution in [-0.4, -0.2) is 43.2 Å². The molecule has 0 saturated heterocycles. The highest BCUT2D eigenvalue weighted by atomic mass is 16.5. The van der Waals surface area contributed by atoms with Crippen LogP contribution in [0.2, 0.25) is 0 Å². The third kappa shape index (κ3) is 6.15. The standard InChI is InChI=1S/C28H35N7O2/c1-19(2)33-28(36)34-21-10-8-20(9-11-21)27-25(17-29)24-13-12-23(37-15-5-14-31-32-18-30-3)16-26(24)35(27)22-6-4-7-22/h8-13,16,18-19,22,31H,4-7,14-15H2,1-3H3,(H,30,32)(H2,33,34,36). The Morgan fingerprint density at radius 1 is 1.24 bits per heavy atom. The number of carbonyl (C=O) groups excluding carboxylic acids is 1. The minimum Gasteiger partial charge on any atom is -0.493 e. The van der Waals surface area contributed by atoms with Crippen LogP contribution < -0.4 is 26.1 Å². The molecule has 2 amide bonds. The van der Waals surface area contributed by atoms with Crippen LogP contribution in [0, 0.1) is 11.3 Å². The summed E-state index contributed by atoms with van der Waals surface area (Å²) in [5, 5.41) is 23.6. The Morgan fingerprint density at radius 3 is 2.68 bits per heavy atom. The maximum atomic E-state index is 12.1. The number of urea groups is 1. The molecular weight excluding hydrogens is 466 g/mol. The van der Waals surface area contributed by atoms with E-state index >= 15 is 0 Å². The van der Waals surface area contributed by atoms with Gasteiger partial charge in [0.25, 0.3) is 0 Å². The zero-order chi connectivity index (χ0) is 26.2. The van der Waals surface area contributed by atoms with Crippen molar-refractivity contribution in [1.82, 2.24) is 20.6 Å². The second kappa shape index (κ2) is 12.2. The predicted molar refractivity (Wildman–Crippen MR) is 148 cm³/mol. The number of anilines is 1. The van der Waals surface area contributed by atoms with E-state index in [1.807, 2.05) is 50.2 Å². The number of nitriles is 1. The van der Waals surface area contributed by atoms with Crippen molar-refractivity contribution in [3.63, 3.8) is 0 Å². The number of benzene rings is 2. The second-order valence-corrected chi connectivity index (χ2v) is 9.46. The monoisotopic (exact) mass is 501 g/mol. The summed E-state index contributed by atoms with van der Waals surface area (Å²) in [7, 11) is 1.80. The Bertz CT molecular complexity index is 1280. The molecule has 0 atom stereocenters. The smallest absolute Gasteiger partial charge is 0.319 e. The van der Waals surface area contributed by atoms with Gasteiger partial charge < -0.3 is 30.7 Å². The first-order valence-corrected chi connectivity index (χ1v) is 12.8. The molecule has 9 nitrogen and oxygen atoms in total. The molecule has 2 aromatic carbocycles. The van der Waals surface area contributed by atoms with E-state index in [4.69, 9.17) is 4.74 Å². The van der Waals surface area contributed by atoms with Gasteiger partial charge in [-0.3, -0.25) is 0 Å². The topological polar surface area (TPSA) is 116 Å². The molecule has 9 heteroatoms. The number of amides is 2. The van der Waals surface area contributed by atoms with Crippen LogP contribution >= 0.6 is 0 Å². The minimum absolute atomic E-state index is 0.0543. The van der Waals surface area contributed by atoms with Crippen LogP contribution in [0.3, 0.4) is 0 Å². The van der Waals surface area contributed by atoms with Crippen LogP contribution in [0.4, 0.5) is 10.5 Å². The quantitative estimate of drug-likeness (QED) is 0.128. The van der Waals surface area contributed by atoms with Crippen molar-refractivity contribution in [3.05, 3.63) is 48.0 Å². The molecule has 0 radical (unpaired) electrons. The number of carbonyl (C=O) groups is 1. The highest BCUT2D eigenvalue weighted by Crippen LogP contribution is 2.43. The third-order valence-corrected chi connectivity index (χ3v) is 6.35. The first kappa shape index (κ1) is 25.9. The van der Waals surface area contributed by atoms with Gasteiger partial charge in [0.2, 0.25) is 0 Å². The maximum Gasteiger partial charge on any atom is 0.319 e. The van der Waals surface area contributed by atoms with Crippen molar-refractivity contribution in [2.24, 2.45) is 5.10 Å². The first-order chi connectivity index (χ1) is 18.0. The summed E-state index contributed by atoms with van der Waals surface area (Å²) in [4.78, 5) is 12.1. The largest absolute Gasteiger partial charge is 0.493 e. The number of hydrogen-bond acceptors (Lipinski definition) is 5. The Kier molecular flexibility index (Phi) is 8.52. The Morgan fingerprint density at radius 2 is 2.03 bits per heavy atom. The molecule has 1 aromatic heterocycles. The van der Waals surface area contributed by atoms with Crippen molar-refractivity contribution in [3.8, 4) is 23.1 Å². The molecule has 0 spiro atoms. The van der Waals surface area contributed by atoms with Gasteiger partial charge in [-0.05, 0) is 62.9 Å². The average molecular weight is 502 g/mol. The summed E-state index contributed by atoms with van der Waals surface area (Å²) < 4.78 is 8.34. The van der Waals surface area contributed by atoms with E-state index in [-0.39, 0.29) is 12.1 Å². The molecule has 0 unspecified atom stereocenters. The van der Waals surface area contributed by atoms with Gasteiger partial charge in [0, 0.05) is 49.2 Å². The third-order valence-electron chi connectivity index (χ3n) is 6.35. The van der Waals surface area contributed by atoms with Gasteiger partial charge in [0.1, 0.15) is 18.2 Å². The van der Waals surface area contributed by atoms with Gasteiger partial charge in [0.05, 0.1) is 23.4 Å². The number of nitrogens with one attached hydrogen (secondary N) is 4. The number of ether oxygens (including phenoxy) is 1. The minimum atomic E-state index is -0.238. The lowest BCUT2D eigenvalue weighted by Crippen LogP contribution is -2.34. The molecule has 1 aliphatic carbocycles. The number of hydrazone groups is 1. The molecular formula is C28H35N7O2.